The molecule has 1 unspecified atom stereocenters. The zero-order chi connectivity index (χ0) is 15.7. The fourth-order valence-corrected chi connectivity index (χ4v) is 5.64. The molecule has 1 aliphatic rings. The van der Waals surface area contributed by atoms with Crippen molar-refractivity contribution in [3.05, 3.63) is 0 Å². The molecule has 0 aromatic carbocycles. The SMILES string of the molecule is CCCS(=O)(=O)c1c(N)nsc1NC1CCCCC1(C)C. The first-order valence-corrected chi connectivity index (χ1v) is 9.95. The highest BCUT2D eigenvalue weighted by molar-refractivity contribution is 7.91. The van der Waals surface area contributed by atoms with Crippen LogP contribution in [0.15, 0.2) is 4.90 Å². The predicted molar refractivity (Wildman–Crippen MR) is 88.5 cm³/mol. The monoisotopic (exact) mass is 331 g/mol. The Hall–Kier alpha value is -0.820. The minimum absolute atomic E-state index is 0.109. The van der Waals surface area contributed by atoms with E-state index in [0.717, 1.165) is 24.4 Å². The van der Waals surface area contributed by atoms with Gasteiger partial charge < -0.3 is 11.1 Å². The Morgan fingerprint density at radius 1 is 1.43 bits per heavy atom. The zero-order valence-electron chi connectivity index (χ0n) is 13.0. The van der Waals surface area contributed by atoms with Gasteiger partial charge in [-0.1, -0.05) is 33.6 Å². The molecule has 0 saturated heterocycles. The molecule has 1 heterocycles. The molecule has 1 atom stereocenters. The van der Waals surface area contributed by atoms with Crippen LogP contribution >= 0.6 is 11.5 Å². The highest BCUT2D eigenvalue weighted by Gasteiger charge is 2.34. The van der Waals surface area contributed by atoms with Crippen molar-refractivity contribution >= 4 is 32.2 Å². The second-order valence-electron chi connectivity index (χ2n) is 6.48. The first-order valence-electron chi connectivity index (χ1n) is 7.52. The third-order valence-electron chi connectivity index (χ3n) is 4.27. The molecule has 1 aliphatic carbocycles. The van der Waals surface area contributed by atoms with E-state index in [2.05, 4.69) is 23.5 Å². The summed E-state index contributed by atoms with van der Waals surface area (Å²) in [7, 11) is -3.36. The summed E-state index contributed by atoms with van der Waals surface area (Å²) in [4.78, 5) is 0.204. The Balaban J connectivity index is 2.30. The average molecular weight is 332 g/mol. The number of rotatable bonds is 5. The molecule has 2 rings (SSSR count). The van der Waals surface area contributed by atoms with E-state index in [-0.39, 0.29) is 27.9 Å². The Kier molecular flexibility index (Phi) is 4.82. The third-order valence-corrected chi connectivity index (χ3v) is 7.17. The minimum Gasteiger partial charge on any atom is -0.382 e. The summed E-state index contributed by atoms with van der Waals surface area (Å²) in [5, 5.41) is 4.03. The van der Waals surface area contributed by atoms with E-state index >= 15 is 0 Å². The molecule has 0 aliphatic heterocycles. The van der Waals surface area contributed by atoms with Crippen molar-refractivity contribution in [2.24, 2.45) is 5.41 Å². The van der Waals surface area contributed by atoms with Crippen LogP contribution in [0.25, 0.3) is 0 Å². The van der Waals surface area contributed by atoms with E-state index in [1.807, 2.05) is 6.92 Å². The molecule has 1 fully saturated rings. The fraction of sp³-hybridized carbons (Fsp3) is 0.786. The molecule has 0 radical (unpaired) electrons. The van der Waals surface area contributed by atoms with E-state index in [0.29, 0.717) is 11.4 Å². The number of sulfone groups is 1. The number of nitrogens with zero attached hydrogens (tertiary/aromatic N) is 1. The summed E-state index contributed by atoms with van der Waals surface area (Å²) in [6.07, 6.45) is 5.18. The van der Waals surface area contributed by atoms with Crippen LogP contribution in [-0.4, -0.2) is 24.6 Å². The minimum atomic E-state index is -3.36. The maximum atomic E-state index is 12.4. The van der Waals surface area contributed by atoms with Gasteiger partial charge in [-0.3, -0.25) is 0 Å². The fourth-order valence-electron chi connectivity index (χ4n) is 2.98. The van der Waals surface area contributed by atoms with E-state index < -0.39 is 9.84 Å². The Bertz CT molecular complexity index is 593. The molecule has 7 heteroatoms. The van der Waals surface area contributed by atoms with Crippen molar-refractivity contribution < 1.29 is 8.42 Å². The molecule has 1 aromatic heterocycles. The van der Waals surface area contributed by atoms with Crippen LogP contribution in [0, 0.1) is 5.41 Å². The zero-order valence-corrected chi connectivity index (χ0v) is 14.6. The van der Waals surface area contributed by atoms with Gasteiger partial charge in [0.25, 0.3) is 0 Å². The smallest absolute Gasteiger partial charge is 0.185 e. The van der Waals surface area contributed by atoms with E-state index in [1.165, 1.54) is 12.8 Å². The van der Waals surface area contributed by atoms with Crippen molar-refractivity contribution in [1.82, 2.24) is 4.37 Å². The molecule has 0 bridgehead atoms. The summed E-state index contributed by atoms with van der Waals surface area (Å²) in [6.45, 7) is 6.31. The number of nitrogens with two attached hydrogens (primary N) is 1. The van der Waals surface area contributed by atoms with Crippen molar-refractivity contribution in [3.63, 3.8) is 0 Å². The van der Waals surface area contributed by atoms with Crippen LogP contribution in [0.2, 0.25) is 0 Å². The van der Waals surface area contributed by atoms with Crippen LogP contribution in [-0.2, 0) is 9.84 Å². The average Bonchev–Trinajstić information content (AvgIpc) is 2.74. The van der Waals surface area contributed by atoms with Crippen molar-refractivity contribution in [2.45, 2.75) is 63.8 Å². The van der Waals surface area contributed by atoms with Gasteiger partial charge >= 0.3 is 0 Å². The standard InChI is InChI=1S/C14H25N3O2S2/c1-4-9-21(18,19)11-12(15)17-20-13(11)16-10-7-5-6-8-14(10,2)3/h10,16H,4-9H2,1-3H3,(H2,15,17). The normalized spacial score (nSPS) is 22.1. The first-order chi connectivity index (χ1) is 9.78. The number of nitrogens with one attached hydrogen (secondary N) is 1. The molecule has 5 nitrogen and oxygen atoms in total. The van der Waals surface area contributed by atoms with Gasteiger partial charge in [-0.25, -0.2) is 8.42 Å². The van der Waals surface area contributed by atoms with Gasteiger partial charge in [0, 0.05) is 6.04 Å². The predicted octanol–water partition coefficient (Wildman–Crippen LogP) is 3.29. The van der Waals surface area contributed by atoms with Crippen LogP contribution in [0.5, 0.6) is 0 Å². The Labute approximate surface area is 131 Å². The summed E-state index contributed by atoms with van der Waals surface area (Å²) < 4.78 is 28.8. The number of nitrogen functional groups attached to an aromatic ring is 1. The number of aromatic nitrogens is 1. The van der Waals surface area contributed by atoms with Crippen LogP contribution in [0.3, 0.4) is 0 Å². The van der Waals surface area contributed by atoms with Crippen LogP contribution in [0.1, 0.15) is 52.9 Å². The number of hydrogen-bond donors (Lipinski definition) is 2. The second kappa shape index (κ2) is 6.12. The molecule has 21 heavy (non-hydrogen) atoms. The van der Waals surface area contributed by atoms with Crippen molar-refractivity contribution in [1.29, 1.82) is 0 Å². The first kappa shape index (κ1) is 16.5. The van der Waals surface area contributed by atoms with Gasteiger partial charge in [-0.05, 0) is 36.2 Å². The van der Waals surface area contributed by atoms with E-state index in [1.54, 1.807) is 0 Å². The van der Waals surface area contributed by atoms with Crippen molar-refractivity contribution in [2.75, 3.05) is 16.8 Å². The molecular weight excluding hydrogens is 306 g/mol. The quantitative estimate of drug-likeness (QED) is 0.865. The summed E-state index contributed by atoms with van der Waals surface area (Å²) >= 11 is 1.16. The van der Waals surface area contributed by atoms with Crippen molar-refractivity contribution in [3.8, 4) is 0 Å². The van der Waals surface area contributed by atoms with Crippen LogP contribution in [0.4, 0.5) is 10.8 Å². The molecule has 3 N–H and O–H groups in total. The highest BCUT2D eigenvalue weighted by Crippen LogP contribution is 2.40. The highest BCUT2D eigenvalue weighted by atomic mass is 32.2. The molecule has 0 spiro atoms. The summed E-state index contributed by atoms with van der Waals surface area (Å²) in [5.74, 6) is 0.239. The molecular formula is C14H25N3O2S2. The lowest BCUT2D eigenvalue weighted by Crippen LogP contribution is -2.39. The topological polar surface area (TPSA) is 85.1 Å². The lowest BCUT2D eigenvalue weighted by atomic mass is 9.73. The second-order valence-corrected chi connectivity index (χ2v) is 9.30. The lowest BCUT2D eigenvalue weighted by molar-refractivity contribution is 0.217. The van der Waals surface area contributed by atoms with E-state index in [4.69, 9.17) is 5.73 Å². The third kappa shape index (κ3) is 3.51. The Morgan fingerprint density at radius 2 is 2.14 bits per heavy atom. The number of anilines is 2. The van der Waals surface area contributed by atoms with Gasteiger partial charge in [0.05, 0.1) is 5.75 Å². The maximum Gasteiger partial charge on any atom is 0.185 e. The maximum absolute atomic E-state index is 12.4. The molecule has 1 aromatic rings. The van der Waals surface area contributed by atoms with Gasteiger partial charge in [-0.2, -0.15) is 4.37 Å². The summed E-state index contributed by atoms with van der Waals surface area (Å²) in [6, 6.07) is 0.265. The van der Waals surface area contributed by atoms with Crippen LogP contribution < -0.4 is 11.1 Å². The van der Waals surface area contributed by atoms with Gasteiger partial charge in [0.2, 0.25) is 0 Å². The van der Waals surface area contributed by atoms with Gasteiger partial charge in [0.1, 0.15) is 9.90 Å². The largest absolute Gasteiger partial charge is 0.382 e. The van der Waals surface area contributed by atoms with Gasteiger partial charge in [-0.15, -0.1) is 0 Å². The molecule has 1 saturated carbocycles. The van der Waals surface area contributed by atoms with Gasteiger partial charge in [0.15, 0.2) is 15.7 Å². The van der Waals surface area contributed by atoms with E-state index in [9.17, 15) is 8.42 Å². The lowest BCUT2D eigenvalue weighted by Gasteiger charge is -2.39. The number of hydrogen-bond acceptors (Lipinski definition) is 6. The molecule has 0 amide bonds. The Morgan fingerprint density at radius 3 is 2.76 bits per heavy atom. The summed E-state index contributed by atoms with van der Waals surface area (Å²) in [5.41, 5.74) is 5.97. The molecule has 120 valence electrons.